The van der Waals surface area contributed by atoms with Crippen LogP contribution in [-0.4, -0.2) is 15.6 Å². The molecule has 110 valence electrons. The van der Waals surface area contributed by atoms with E-state index in [1.54, 1.807) is 0 Å². The van der Waals surface area contributed by atoms with Crippen LogP contribution < -0.4 is 0 Å². The molecule has 2 aliphatic carbocycles. The van der Waals surface area contributed by atoms with Crippen molar-refractivity contribution in [3.05, 3.63) is 53.2 Å². The van der Waals surface area contributed by atoms with Crippen molar-refractivity contribution < 1.29 is 9.90 Å². The number of aromatic nitrogens is 1. The fourth-order valence-electron chi connectivity index (χ4n) is 4.31. The Kier molecular flexibility index (Phi) is 2.18. The molecule has 0 saturated carbocycles. The first-order valence-electron chi connectivity index (χ1n) is 7.98. The Balaban J connectivity index is 1.83. The summed E-state index contributed by atoms with van der Waals surface area (Å²) < 4.78 is 2.24. The number of rotatable bonds is 1. The standard InChI is InChI=1S/C19H17NO2/c21-18(22)19-10-15(19)13-6-2-3-7-14(13)17-9-12-5-1-4-8-16(12)20(17)11-19/h1,4-5,8-10H,2-3,6-7,11H2,(H,21,22). The van der Waals surface area contributed by atoms with Gasteiger partial charge in [-0.15, -0.1) is 0 Å². The van der Waals surface area contributed by atoms with Gasteiger partial charge in [-0.2, -0.15) is 0 Å². The van der Waals surface area contributed by atoms with Crippen molar-refractivity contribution in [1.29, 1.82) is 0 Å². The van der Waals surface area contributed by atoms with E-state index in [0.29, 0.717) is 6.54 Å². The molecular formula is C19H17NO2. The molecule has 0 radical (unpaired) electrons. The molecule has 1 atom stereocenters. The van der Waals surface area contributed by atoms with Gasteiger partial charge in [0.15, 0.2) is 0 Å². The molecule has 1 aromatic carbocycles. The number of carboxylic acid groups (broad SMARTS) is 1. The monoisotopic (exact) mass is 291 g/mol. The summed E-state index contributed by atoms with van der Waals surface area (Å²) in [5.74, 6) is -0.703. The van der Waals surface area contributed by atoms with Gasteiger partial charge in [0.25, 0.3) is 0 Å². The Morgan fingerprint density at radius 2 is 1.91 bits per heavy atom. The third-order valence-corrected chi connectivity index (χ3v) is 5.49. The average Bonchev–Trinajstić information content (AvgIpc) is 3.18. The zero-order valence-corrected chi connectivity index (χ0v) is 12.3. The molecule has 3 aliphatic rings. The number of hydrogen-bond acceptors (Lipinski definition) is 1. The van der Waals surface area contributed by atoms with Crippen molar-refractivity contribution in [3.63, 3.8) is 0 Å². The van der Waals surface area contributed by atoms with Gasteiger partial charge in [-0.1, -0.05) is 24.3 Å². The maximum Gasteiger partial charge on any atom is 0.319 e. The highest BCUT2D eigenvalue weighted by Crippen LogP contribution is 2.57. The molecule has 0 amide bonds. The molecule has 1 unspecified atom stereocenters. The highest BCUT2D eigenvalue weighted by molar-refractivity contribution is 5.95. The van der Waals surface area contributed by atoms with E-state index in [0.717, 1.165) is 23.9 Å². The van der Waals surface area contributed by atoms with Crippen molar-refractivity contribution >= 4 is 22.4 Å². The Bertz CT molecular complexity index is 899. The lowest BCUT2D eigenvalue weighted by Crippen LogP contribution is -2.24. The van der Waals surface area contributed by atoms with Crippen LogP contribution in [0.1, 0.15) is 31.4 Å². The lowest BCUT2D eigenvalue weighted by atomic mass is 9.85. The van der Waals surface area contributed by atoms with Crippen molar-refractivity contribution in [2.75, 3.05) is 0 Å². The van der Waals surface area contributed by atoms with Crippen LogP contribution >= 0.6 is 0 Å². The SMILES string of the molecule is O=C(O)C12C=C1C1=C(CCCC1)c1cc3ccccc3n1C2. The number of fused-ring (bicyclic) bond motifs is 6. The number of para-hydroxylation sites is 1. The maximum absolute atomic E-state index is 11.9. The maximum atomic E-state index is 11.9. The van der Waals surface area contributed by atoms with Gasteiger partial charge in [-0.25, -0.2) is 0 Å². The summed E-state index contributed by atoms with van der Waals surface area (Å²) in [6, 6.07) is 10.5. The lowest BCUT2D eigenvalue weighted by Gasteiger charge is -2.18. The van der Waals surface area contributed by atoms with E-state index < -0.39 is 11.4 Å². The minimum Gasteiger partial charge on any atom is -0.480 e. The summed E-state index contributed by atoms with van der Waals surface area (Å²) in [6.07, 6.45) is 6.45. The highest BCUT2D eigenvalue weighted by atomic mass is 16.4. The van der Waals surface area contributed by atoms with Crippen molar-refractivity contribution in [2.24, 2.45) is 5.41 Å². The average molecular weight is 291 g/mol. The predicted octanol–water partition coefficient (Wildman–Crippen LogP) is 3.99. The van der Waals surface area contributed by atoms with Crippen LogP contribution in [0, 0.1) is 5.41 Å². The summed E-state index contributed by atoms with van der Waals surface area (Å²) in [4.78, 5) is 11.9. The molecule has 0 fully saturated rings. The lowest BCUT2D eigenvalue weighted by molar-refractivity contribution is -0.142. The molecule has 0 saturated heterocycles. The summed E-state index contributed by atoms with van der Waals surface area (Å²) in [5.41, 5.74) is 5.42. The Morgan fingerprint density at radius 1 is 1.14 bits per heavy atom. The molecule has 2 heterocycles. The van der Waals surface area contributed by atoms with Gasteiger partial charge in [-0.05, 0) is 54.5 Å². The smallest absolute Gasteiger partial charge is 0.319 e. The molecule has 3 nitrogen and oxygen atoms in total. The molecule has 1 aromatic heterocycles. The predicted molar refractivity (Wildman–Crippen MR) is 85.5 cm³/mol. The van der Waals surface area contributed by atoms with Gasteiger partial charge in [0.1, 0.15) is 5.41 Å². The number of carboxylic acids is 1. The van der Waals surface area contributed by atoms with E-state index in [4.69, 9.17) is 0 Å². The number of benzene rings is 1. The van der Waals surface area contributed by atoms with Gasteiger partial charge >= 0.3 is 5.97 Å². The van der Waals surface area contributed by atoms with Crippen LogP contribution in [0.25, 0.3) is 16.5 Å². The van der Waals surface area contributed by atoms with E-state index in [1.165, 1.54) is 35.1 Å². The fourth-order valence-corrected chi connectivity index (χ4v) is 4.31. The summed E-state index contributed by atoms with van der Waals surface area (Å²) in [6.45, 7) is 0.535. The van der Waals surface area contributed by atoms with Crippen LogP contribution in [0.4, 0.5) is 0 Å². The number of carbonyl (C=O) groups is 1. The first kappa shape index (κ1) is 12.3. The van der Waals surface area contributed by atoms with Crippen LogP contribution in [0.15, 0.2) is 47.6 Å². The molecule has 1 N–H and O–H groups in total. The molecule has 22 heavy (non-hydrogen) atoms. The van der Waals surface area contributed by atoms with Crippen LogP contribution in [0.3, 0.4) is 0 Å². The number of nitrogens with zero attached hydrogens (tertiary/aromatic N) is 1. The summed E-state index contributed by atoms with van der Waals surface area (Å²) >= 11 is 0. The second-order valence-corrected chi connectivity index (χ2v) is 6.67. The van der Waals surface area contributed by atoms with E-state index in [2.05, 4.69) is 22.8 Å². The molecule has 3 heteroatoms. The molecule has 1 aliphatic heterocycles. The van der Waals surface area contributed by atoms with Crippen molar-refractivity contribution in [3.8, 4) is 0 Å². The highest BCUT2D eigenvalue weighted by Gasteiger charge is 2.55. The first-order chi connectivity index (χ1) is 10.7. The largest absolute Gasteiger partial charge is 0.480 e. The third-order valence-electron chi connectivity index (χ3n) is 5.49. The number of allylic oxidation sites excluding steroid dienone is 2. The Labute approximate surface area is 128 Å². The number of hydrogen-bond donors (Lipinski definition) is 1. The second kappa shape index (κ2) is 3.92. The number of aliphatic carboxylic acids is 1. The van der Waals surface area contributed by atoms with Crippen LogP contribution in [0.2, 0.25) is 0 Å². The zero-order valence-electron chi connectivity index (χ0n) is 12.3. The van der Waals surface area contributed by atoms with Crippen molar-refractivity contribution in [2.45, 2.75) is 32.2 Å². The quantitative estimate of drug-likeness (QED) is 0.863. The second-order valence-electron chi connectivity index (χ2n) is 6.67. The van der Waals surface area contributed by atoms with Crippen molar-refractivity contribution in [1.82, 2.24) is 4.57 Å². The van der Waals surface area contributed by atoms with E-state index in [1.807, 2.05) is 18.2 Å². The summed E-state index contributed by atoms with van der Waals surface area (Å²) in [7, 11) is 0. The van der Waals surface area contributed by atoms with E-state index in [-0.39, 0.29) is 0 Å². The fraction of sp³-hybridized carbons (Fsp3) is 0.316. The van der Waals surface area contributed by atoms with Gasteiger partial charge in [0, 0.05) is 23.1 Å². The molecule has 5 rings (SSSR count). The minimum absolute atomic E-state index is 0.535. The van der Waals surface area contributed by atoms with Gasteiger partial charge in [0.2, 0.25) is 0 Å². The van der Waals surface area contributed by atoms with Gasteiger partial charge in [-0.3, -0.25) is 4.79 Å². The Hall–Kier alpha value is -2.29. The summed E-state index contributed by atoms with van der Waals surface area (Å²) in [5, 5.41) is 11.0. The minimum atomic E-state index is -0.759. The molecular weight excluding hydrogens is 274 g/mol. The third kappa shape index (κ3) is 1.39. The molecule has 0 spiro atoms. The van der Waals surface area contributed by atoms with Gasteiger partial charge in [0.05, 0.1) is 0 Å². The normalized spacial score (nSPS) is 25.9. The topological polar surface area (TPSA) is 42.2 Å². The van der Waals surface area contributed by atoms with Gasteiger partial charge < -0.3 is 9.67 Å². The molecule has 2 aromatic rings. The first-order valence-corrected chi connectivity index (χ1v) is 7.98. The van der Waals surface area contributed by atoms with Crippen LogP contribution in [-0.2, 0) is 11.3 Å². The van der Waals surface area contributed by atoms with E-state index >= 15 is 0 Å². The zero-order chi connectivity index (χ0) is 14.9. The van der Waals surface area contributed by atoms with Crippen LogP contribution in [0.5, 0.6) is 0 Å². The van der Waals surface area contributed by atoms with E-state index in [9.17, 15) is 9.90 Å². The molecule has 0 bridgehead atoms. The Morgan fingerprint density at radius 3 is 2.73 bits per heavy atom.